The van der Waals surface area contributed by atoms with E-state index >= 15 is 0 Å². The van der Waals surface area contributed by atoms with Crippen LogP contribution in [0.4, 0.5) is 0 Å². The van der Waals surface area contributed by atoms with Crippen LogP contribution in [0.25, 0.3) is 0 Å². The lowest BCUT2D eigenvalue weighted by Crippen LogP contribution is -2.47. The molecule has 30 heavy (non-hydrogen) atoms. The van der Waals surface area contributed by atoms with Crippen molar-refractivity contribution in [3.8, 4) is 11.5 Å². The highest BCUT2D eigenvalue weighted by atomic mass is 16.5. The fraction of sp³-hybridized carbons (Fsp3) is 0.680. The van der Waals surface area contributed by atoms with Crippen LogP contribution >= 0.6 is 0 Å². The highest BCUT2D eigenvalue weighted by molar-refractivity contribution is 5.71. The Bertz CT molecular complexity index is 782. The fourth-order valence-corrected chi connectivity index (χ4v) is 5.22. The van der Waals surface area contributed by atoms with Crippen molar-refractivity contribution in [3.05, 3.63) is 23.3 Å². The Balaban J connectivity index is 1.96. The number of aryl methyl sites for hydroxylation is 1. The van der Waals surface area contributed by atoms with Gasteiger partial charge in [0.1, 0.15) is 17.1 Å². The molecule has 5 nitrogen and oxygen atoms in total. The summed E-state index contributed by atoms with van der Waals surface area (Å²) >= 11 is 0. The van der Waals surface area contributed by atoms with Gasteiger partial charge < -0.3 is 14.2 Å². The lowest BCUT2D eigenvalue weighted by atomic mass is 9.64. The highest BCUT2D eigenvalue weighted by Crippen LogP contribution is 2.55. The Morgan fingerprint density at radius 3 is 2.57 bits per heavy atom. The molecule has 3 rings (SSSR count). The molecule has 1 heterocycles. The molecule has 0 bridgehead atoms. The molecule has 0 N–H and O–H groups in total. The molecule has 1 aliphatic carbocycles. The molecule has 2 unspecified atom stereocenters. The number of rotatable bonds is 7. The van der Waals surface area contributed by atoms with Crippen LogP contribution in [0.1, 0.15) is 90.2 Å². The van der Waals surface area contributed by atoms with Gasteiger partial charge in [0.15, 0.2) is 0 Å². The maximum absolute atomic E-state index is 11.9. The lowest BCUT2D eigenvalue weighted by Gasteiger charge is -2.49. The first-order chi connectivity index (χ1) is 14.2. The van der Waals surface area contributed by atoms with Crippen molar-refractivity contribution < 1.29 is 23.8 Å². The standard InChI is InChI=1S/C25H36O5/c1-6-7-8-9-18-13-22(29-17(3)27)24-20-12-19(15-28-16(2)26)10-11-21(20)25(4,5)30-23(24)14-18/h13-14,19-21H,6-12,15H2,1-5H3/t19?,20?,21-/m1/s1. The normalized spacial score (nSPS) is 24.2. The number of unbranched alkanes of at least 4 members (excludes halogenated alkanes) is 2. The first-order valence-electron chi connectivity index (χ1n) is 11.4. The number of ether oxygens (including phenoxy) is 3. The molecule has 1 fully saturated rings. The van der Waals surface area contributed by atoms with E-state index in [1.807, 2.05) is 6.07 Å². The quantitative estimate of drug-likeness (QED) is 0.330. The predicted octanol–water partition coefficient (Wildman–Crippen LogP) is 5.58. The van der Waals surface area contributed by atoms with E-state index in [0.29, 0.717) is 24.2 Å². The molecule has 0 amide bonds. The molecule has 1 saturated carbocycles. The van der Waals surface area contributed by atoms with Crippen LogP contribution in [0.15, 0.2) is 12.1 Å². The summed E-state index contributed by atoms with van der Waals surface area (Å²) < 4.78 is 17.5. The number of esters is 2. The van der Waals surface area contributed by atoms with Crippen molar-refractivity contribution >= 4 is 11.9 Å². The average Bonchev–Trinajstić information content (AvgIpc) is 2.65. The predicted molar refractivity (Wildman–Crippen MR) is 116 cm³/mol. The minimum absolute atomic E-state index is 0.220. The van der Waals surface area contributed by atoms with Gasteiger partial charge in [-0.1, -0.05) is 19.8 Å². The van der Waals surface area contributed by atoms with E-state index in [1.165, 1.54) is 26.7 Å². The third-order valence-corrected chi connectivity index (χ3v) is 6.60. The van der Waals surface area contributed by atoms with E-state index in [2.05, 4.69) is 26.8 Å². The van der Waals surface area contributed by atoms with E-state index in [0.717, 1.165) is 49.0 Å². The van der Waals surface area contributed by atoms with Gasteiger partial charge in [-0.2, -0.15) is 0 Å². The van der Waals surface area contributed by atoms with E-state index in [-0.39, 0.29) is 23.5 Å². The highest BCUT2D eigenvalue weighted by Gasteiger charge is 2.48. The number of benzene rings is 1. The van der Waals surface area contributed by atoms with Gasteiger partial charge in [-0.25, -0.2) is 0 Å². The molecule has 0 saturated heterocycles. The minimum atomic E-state index is -0.309. The van der Waals surface area contributed by atoms with Crippen molar-refractivity contribution in [1.29, 1.82) is 0 Å². The monoisotopic (exact) mass is 416 g/mol. The summed E-state index contributed by atoms with van der Waals surface area (Å²) in [5, 5.41) is 0. The number of hydrogen-bond donors (Lipinski definition) is 0. The van der Waals surface area contributed by atoms with Crippen molar-refractivity contribution in [1.82, 2.24) is 0 Å². The summed E-state index contributed by atoms with van der Waals surface area (Å²) in [5.74, 6) is 1.81. The second-order valence-corrected chi connectivity index (χ2v) is 9.46. The lowest BCUT2D eigenvalue weighted by molar-refractivity contribution is -0.143. The maximum Gasteiger partial charge on any atom is 0.308 e. The summed E-state index contributed by atoms with van der Waals surface area (Å²) in [7, 11) is 0. The zero-order valence-electron chi connectivity index (χ0n) is 19.1. The van der Waals surface area contributed by atoms with E-state index in [1.54, 1.807) is 0 Å². The molecule has 1 aliphatic heterocycles. The van der Waals surface area contributed by atoms with Gasteiger partial charge in [0.25, 0.3) is 0 Å². The van der Waals surface area contributed by atoms with E-state index in [9.17, 15) is 9.59 Å². The van der Waals surface area contributed by atoms with Crippen LogP contribution in [-0.2, 0) is 20.7 Å². The van der Waals surface area contributed by atoms with Gasteiger partial charge in [0.2, 0.25) is 0 Å². The Labute approximate surface area is 180 Å². The zero-order chi connectivity index (χ0) is 21.9. The molecule has 0 spiro atoms. The molecule has 166 valence electrons. The van der Waals surface area contributed by atoms with Gasteiger partial charge in [-0.05, 0) is 75.5 Å². The van der Waals surface area contributed by atoms with Gasteiger partial charge in [0.05, 0.1) is 6.61 Å². The maximum atomic E-state index is 11.9. The van der Waals surface area contributed by atoms with Crippen molar-refractivity contribution in [2.24, 2.45) is 11.8 Å². The molecule has 2 aliphatic rings. The Morgan fingerprint density at radius 1 is 1.13 bits per heavy atom. The molecule has 0 radical (unpaired) electrons. The number of hydrogen-bond acceptors (Lipinski definition) is 5. The Kier molecular flexibility index (Phi) is 7.10. The first kappa shape index (κ1) is 22.6. The molecule has 0 aromatic heterocycles. The first-order valence-corrected chi connectivity index (χ1v) is 11.4. The SMILES string of the molecule is CCCCCc1cc(OC(C)=O)c2c(c1)OC(C)(C)[C@@H]1CCC(COC(C)=O)CC21. The summed E-state index contributed by atoms with van der Waals surface area (Å²) in [6, 6.07) is 4.18. The minimum Gasteiger partial charge on any atom is -0.487 e. The topological polar surface area (TPSA) is 61.8 Å². The van der Waals surface area contributed by atoms with Crippen LogP contribution in [0, 0.1) is 11.8 Å². The largest absolute Gasteiger partial charge is 0.487 e. The van der Waals surface area contributed by atoms with Crippen LogP contribution < -0.4 is 9.47 Å². The van der Waals surface area contributed by atoms with Crippen LogP contribution in [0.2, 0.25) is 0 Å². The molecule has 3 atom stereocenters. The van der Waals surface area contributed by atoms with Gasteiger partial charge in [-0.3, -0.25) is 9.59 Å². The number of fused-ring (bicyclic) bond motifs is 3. The van der Waals surface area contributed by atoms with Gasteiger partial charge in [0, 0.05) is 25.3 Å². The second kappa shape index (κ2) is 9.40. The molecular weight excluding hydrogens is 380 g/mol. The van der Waals surface area contributed by atoms with Crippen LogP contribution in [0.3, 0.4) is 0 Å². The van der Waals surface area contributed by atoms with Gasteiger partial charge >= 0.3 is 11.9 Å². The molecule has 5 heteroatoms. The zero-order valence-corrected chi connectivity index (χ0v) is 19.1. The van der Waals surface area contributed by atoms with Gasteiger partial charge in [-0.15, -0.1) is 0 Å². The second-order valence-electron chi connectivity index (χ2n) is 9.46. The summed E-state index contributed by atoms with van der Waals surface area (Å²) in [5.41, 5.74) is 1.88. The van der Waals surface area contributed by atoms with E-state index in [4.69, 9.17) is 14.2 Å². The van der Waals surface area contributed by atoms with Crippen LogP contribution in [-0.4, -0.2) is 24.1 Å². The van der Waals surface area contributed by atoms with Crippen molar-refractivity contribution in [2.75, 3.05) is 6.61 Å². The summed E-state index contributed by atoms with van der Waals surface area (Å²) in [6.45, 7) is 9.87. The smallest absolute Gasteiger partial charge is 0.308 e. The van der Waals surface area contributed by atoms with Crippen molar-refractivity contribution in [3.63, 3.8) is 0 Å². The molecule has 1 aromatic carbocycles. The Morgan fingerprint density at radius 2 is 1.90 bits per heavy atom. The summed E-state index contributed by atoms with van der Waals surface area (Å²) in [4.78, 5) is 23.2. The average molecular weight is 417 g/mol. The van der Waals surface area contributed by atoms with Crippen molar-refractivity contribution in [2.45, 2.75) is 91.1 Å². The summed E-state index contributed by atoms with van der Waals surface area (Å²) in [6.07, 6.45) is 7.31. The number of carbonyl (C=O) groups is 2. The Hall–Kier alpha value is -2.04. The third-order valence-electron chi connectivity index (χ3n) is 6.60. The molecular formula is C25H36O5. The fourth-order valence-electron chi connectivity index (χ4n) is 5.22. The molecule has 1 aromatic rings. The third kappa shape index (κ3) is 5.16. The van der Waals surface area contributed by atoms with Crippen LogP contribution in [0.5, 0.6) is 11.5 Å². The van der Waals surface area contributed by atoms with E-state index < -0.39 is 0 Å². The number of carbonyl (C=O) groups excluding carboxylic acids is 2.